The summed E-state index contributed by atoms with van der Waals surface area (Å²) in [5, 5.41) is 2.30. The van der Waals surface area contributed by atoms with Crippen LogP contribution in [0.4, 0.5) is 14.5 Å². The topological polar surface area (TPSA) is 52.7 Å². The van der Waals surface area contributed by atoms with Crippen molar-refractivity contribution in [3.8, 4) is 0 Å². The lowest BCUT2D eigenvalue weighted by atomic mass is 10.2. The first-order valence-electron chi connectivity index (χ1n) is 8.36. The molecule has 3 rings (SSSR count). The predicted molar refractivity (Wildman–Crippen MR) is 93.9 cm³/mol. The molecule has 1 aliphatic heterocycles. The van der Waals surface area contributed by atoms with Crippen LogP contribution in [0.5, 0.6) is 0 Å². The van der Waals surface area contributed by atoms with Crippen molar-refractivity contribution in [2.75, 3.05) is 37.6 Å². The van der Waals surface area contributed by atoms with Crippen LogP contribution in [0.3, 0.4) is 0 Å². The quantitative estimate of drug-likeness (QED) is 0.909. The highest BCUT2D eigenvalue weighted by molar-refractivity contribution is 5.96. The zero-order chi connectivity index (χ0) is 18.5. The van der Waals surface area contributed by atoms with E-state index in [-0.39, 0.29) is 12.5 Å². The molecule has 136 valence electrons. The molecule has 26 heavy (non-hydrogen) atoms. The number of piperazine rings is 1. The maximum absolute atomic E-state index is 13.6. The summed E-state index contributed by atoms with van der Waals surface area (Å²) in [6.07, 6.45) is 0. The number of carbonyl (C=O) groups is 2. The van der Waals surface area contributed by atoms with Gasteiger partial charge in [-0.15, -0.1) is 0 Å². The first-order valence-corrected chi connectivity index (χ1v) is 8.36. The molecule has 7 heteroatoms. The fourth-order valence-corrected chi connectivity index (χ4v) is 2.92. The van der Waals surface area contributed by atoms with Gasteiger partial charge in [-0.05, 0) is 24.3 Å². The van der Waals surface area contributed by atoms with Crippen molar-refractivity contribution in [2.24, 2.45) is 0 Å². The van der Waals surface area contributed by atoms with Gasteiger partial charge in [-0.2, -0.15) is 0 Å². The Hall–Kier alpha value is -2.96. The summed E-state index contributed by atoms with van der Waals surface area (Å²) in [6, 6.07) is 13.1. The number of para-hydroxylation sites is 1. The summed E-state index contributed by atoms with van der Waals surface area (Å²) in [6.45, 7) is 2.13. The SMILES string of the molecule is O=C(NCC(=O)N1CCN(c2ccccc2)CC1)c1c(F)cccc1F. The summed E-state index contributed by atoms with van der Waals surface area (Å²) >= 11 is 0. The Bertz CT molecular complexity index is 770. The lowest BCUT2D eigenvalue weighted by Crippen LogP contribution is -2.51. The van der Waals surface area contributed by atoms with Crippen molar-refractivity contribution >= 4 is 17.5 Å². The van der Waals surface area contributed by atoms with E-state index in [0.29, 0.717) is 26.2 Å². The van der Waals surface area contributed by atoms with E-state index in [2.05, 4.69) is 10.2 Å². The van der Waals surface area contributed by atoms with E-state index in [1.165, 1.54) is 6.07 Å². The number of rotatable bonds is 4. The number of carbonyl (C=O) groups excluding carboxylic acids is 2. The maximum Gasteiger partial charge on any atom is 0.257 e. The summed E-state index contributed by atoms with van der Waals surface area (Å²) in [5.74, 6) is -3.11. The van der Waals surface area contributed by atoms with E-state index in [1.54, 1.807) is 4.90 Å². The van der Waals surface area contributed by atoms with Gasteiger partial charge >= 0.3 is 0 Å². The molecule has 1 saturated heterocycles. The van der Waals surface area contributed by atoms with Crippen LogP contribution < -0.4 is 10.2 Å². The van der Waals surface area contributed by atoms with E-state index in [4.69, 9.17) is 0 Å². The third-order valence-corrected chi connectivity index (χ3v) is 4.34. The van der Waals surface area contributed by atoms with E-state index in [9.17, 15) is 18.4 Å². The van der Waals surface area contributed by atoms with Crippen molar-refractivity contribution in [1.82, 2.24) is 10.2 Å². The molecule has 0 radical (unpaired) electrons. The van der Waals surface area contributed by atoms with Gasteiger partial charge < -0.3 is 15.1 Å². The lowest BCUT2D eigenvalue weighted by molar-refractivity contribution is -0.130. The smallest absolute Gasteiger partial charge is 0.257 e. The molecule has 1 aliphatic rings. The van der Waals surface area contributed by atoms with Gasteiger partial charge in [-0.25, -0.2) is 8.78 Å². The van der Waals surface area contributed by atoms with Crippen molar-refractivity contribution < 1.29 is 18.4 Å². The molecule has 2 aromatic carbocycles. The first-order chi connectivity index (χ1) is 12.6. The standard InChI is InChI=1S/C19H19F2N3O2/c20-15-7-4-8-16(21)18(15)19(26)22-13-17(25)24-11-9-23(10-12-24)14-5-2-1-3-6-14/h1-8H,9-13H2,(H,22,26). The number of anilines is 1. The van der Waals surface area contributed by atoms with Crippen LogP contribution in [-0.2, 0) is 4.79 Å². The van der Waals surface area contributed by atoms with Crippen LogP contribution in [0, 0.1) is 11.6 Å². The van der Waals surface area contributed by atoms with Crippen LogP contribution in [-0.4, -0.2) is 49.4 Å². The Kier molecular flexibility index (Phi) is 5.46. The second-order valence-corrected chi connectivity index (χ2v) is 5.98. The monoisotopic (exact) mass is 359 g/mol. The minimum absolute atomic E-state index is 0.275. The zero-order valence-electron chi connectivity index (χ0n) is 14.1. The molecule has 0 aromatic heterocycles. The number of hydrogen-bond acceptors (Lipinski definition) is 3. The van der Waals surface area contributed by atoms with Gasteiger partial charge in [0.1, 0.15) is 17.2 Å². The zero-order valence-corrected chi connectivity index (χ0v) is 14.1. The normalized spacial score (nSPS) is 14.2. The average Bonchev–Trinajstić information content (AvgIpc) is 2.67. The van der Waals surface area contributed by atoms with Gasteiger partial charge in [-0.3, -0.25) is 9.59 Å². The molecule has 1 fully saturated rings. The van der Waals surface area contributed by atoms with E-state index < -0.39 is 23.1 Å². The van der Waals surface area contributed by atoms with Gasteiger partial charge in [0.2, 0.25) is 5.91 Å². The van der Waals surface area contributed by atoms with Crippen LogP contribution >= 0.6 is 0 Å². The highest BCUT2D eigenvalue weighted by Crippen LogP contribution is 2.15. The Morgan fingerprint density at radius 1 is 0.885 bits per heavy atom. The average molecular weight is 359 g/mol. The summed E-state index contributed by atoms with van der Waals surface area (Å²) < 4.78 is 27.2. The number of benzene rings is 2. The number of hydrogen-bond donors (Lipinski definition) is 1. The Balaban J connectivity index is 1.51. The minimum atomic E-state index is -0.952. The fraction of sp³-hybridized carbons (Fsp3) is 0.263. The minimum Gasteiger partial charge on any atom is -0.368 e. The molecule has 5 nitrogen and oxygen atoms in total. The van der Waals surface area contributed by atoms with Crippen molar-refractivity contribution in [3.63, 3.8) is 0 Å². The molecule has 1 heterocycles. The van der Waals surface area contributed by atoms with Gasteiger partial charge in [-0.1, -0.05) is 24.3 Å². The predicted octanol–water partition coefficient (Wildman–Crippen LogP) is 2.04. The van der Waals surface area contributed by atoms with E-state index in [1.807, 2.05) is 30.3 Å². The Morgan fingerprint density at radius 2 is 1.50 bits per heavy atom. The first kappa shape index (κ1) is 17.8. The van der Waals surface area contributed by atoms with Crippen LogP contribution in [0.1, 0.15) is 10.4 Å². The Labute approximate surface area is 150 Å². The van der Waals surface area contributed by atoms with Gasteiger partial charge in [0, 0.05) is 31.9 Å². The van der Waals surface area contributed by atoms with Crippen molar-refractivity contribution in [2.45, 2.75) is 0 Å². The third kappa shape index (κ3) is 3.99. The van der Waals surface area contributed by atoms with Crippen LogP contribution in [0.2, 0.25) is 0 Å². The maximum atomic E-state index is 13.6. The van der Waals surface area contributed by atoms with Crippen LogP contribution in [0.15, 0.2) is 48.5 Å². The molecule has 2 aromatic rings. The van der Waals surface area contributed by atoms with Crippen molar-refractivity contribution in [1.29, 1.82) is 0 Å². The molecule has 0 saturated carbocycles. The molecule has 0 unspecified atom stereocenters. The largest absolute Gasteiger partial charge is 0.368 e. The molecule has 0 bridgehead atoms. The summed E-state index contributed by atoms with van der Waals surface area (Å²) in [7, 11) is 0. The van der Waals surface area contributed by atoms with E-state index >= 15 is 0 Å². The van der Waals surface area contributed by atoms with Crippen molar-refractivity contribution in [3.05, 3.63) is 65.7 Å². The molecular formula is C19H19F2N3O2. The highest BCUT2D eigenvalue weighted by atomic mass is 19.1. The second-order valence-electron chi connectivity index (χ2n) is 5.98. The number of nitrogens with one attached hydrogen (secondary N) is 1. The second kappa shape index (κ2) is 7.95. The summed E-state index contributed by atoms with van der Waals surface area (Å²) in [5.41, 5.74) is 0.428. The van der Waals surface area contributed by atoms with Gasteiger partial charge in [0.25, 0.3) is 5.91 Å². The number of nitrogens with zero attached hydrogens (tertiary/aromatic N) is 2. The van der Waals surface area contributed by atoms with E-state index in [0.717, 1.165) is 17.8 Å². The Morgan fingerprint density at radius 3 is 2.12 bits per heavy atom. The summed E-state index contributed by atoms with van der Waals surface area (Å²) in [4.78, 5) is 28.0. The number of amides is 2. The fourth-order valence-electron chi connectivity index (χ4n) is 2.92. The molecule has 0 aliphatic carbocycles. The molecule has 1 N–H and O–H groups in total. The van der Waals surface area contributed by atoms with Crippen LogP contribution in [0.25, 0.3) is 0 Å². The number of halogens is 2. The lowest BCUT2D eigenvalue weighted by Gasteiger charge is -2.36. The molecular weight excluding hydrogens is 340 g/mol. The molecule has 0 spiro atoms. The van der Waals surface area contributed by atoms with Gasteiger partial charge in [0.15, 0.2) is 0 Å². The molecule has 0 atom stereocenters. The molecule has 2 amide bonds. The highest BCUT2D eigenvalue weighted by Gasteiger charge is 2.23. The van der Waals surface area contributed by atoms with Gasteiger partial charge in [0.05, 0.1) is 6.54 Å². The third-order valence-electron chi connectivity index (χ3n) is 4.34.